The number of allylic oxidation sites excluding steroid dienone is 1. The van der Waals surface area contributed by atoms with Gasteiger partial charge in [-0.25, -0.2) is 4.79 Å². The van der Waals surface area contributed by atoms with E-state index >= 15 is 0 Å². The first kappa shape index (κ1) is 21.6. The molecule has 0 aliphatic heterocycles. The zero-order valence-corrected chi connectivity index (χ0v) is 17.8. The van der Waals surface area contributed by atoms with Crippen molar-refractivity contribution in [2.24, 2.45) is 5.92 Å². The highest BCUT2D eigenvalue weighted by Gasteiger charge is 2.30. The summed E-state index contributed by atoms with van der Waals surface area (Å²) in [6.45, 7) is 1.64. The van der Waals surface area contributed by atoms with Gasteiger partial charge >= 0.3 is 12.1 Å². The van der Waals surface area contributed by atoms with E-state index in [4.69, 9.17) is 9.84 Å². The molecule has 3 N–H and O–H groups in total. The summed E-state index contributed by atoms with van der Waals surface area (Å²) in [7, 11) is 0. The number of carboxylic acid groups (broad SMARTS) is 1. The van der Waals surface area contributed by atoms with Gasteiger partial charge in [-0.15, -0.1) is 0 Å². The number of hydrogen-bond acceptors (Lipinski definition) is 4. The van der Waals surface area contributed by atoms with E-state index in [1.54, 1.807) is 0 Å². The van der Waals surface area contributed by atoms with E-state index in [1.165, 1.54) is 6.92 Å². The molecule has 2 aromatic rings. The van der Waals surface area contributed by atoms with Crippen LogP contribution in [0.15, 0.2) is 60.7 Å². The number of carbonyl (C=O) groups is 3. The molecule has 3 unspecified atom stereocenters. The van der Waals surface area contributed by atoms with Crippen LogP contribution in [0.1, 0.15) is 36.8 Å². The van der Waals surface area contributed by atoms with Crippen LogP contribution in [-0.4, -0.2) is 41.8 Å². The average molecular weight is 434 g/mol. The Labute approximate surface area is 186 Å². The summed E-state index contributed by atoms with van der Waals surface area (Å²) >= 11 is 0. The molecule has 7 nitrogen and oxygen atoms in total. The second-order valence-electron chi connectivity index (χ2n) is 8.24. The highest BCUT2D eigenvalue weighted by molar-refractivity contribution is 5.85. The molecule has 2 aliphatic carbocycles. The van der Waals surface area contributed by atoms with Gasteiger partial charge in [0.1, 0.15) is 12.6 Å². The minimum atomic E-state index is -1.09. The van der Waals surface area contributed by atoms with Gasteiger partial charge in [-0.3, -0.25) is 9.59 Å². The first-order valence-electron chi connectivity index (χ1n) is 10.8. The van der Waals surface area contributed by atoms with Crippen LogP contribution in [0.25, 0.3) is 11.1 Å². The summed E-state index contributed by atoms with van der Waals surface area (Å²) in [5.74, 6) is -1.84. The number of hydrogen-bond donors (Lipinski definition) is 3. The monoisotopic (exact) mass is 434 g/mol. The van der Waals surface area contributed by atoms with Crippen LogP contribution in [0.4, 0.5) is 4.79 Å². The van der Waals surface area contributed by atoms with E-state index in [-0.39, 0.29) is 24.5 Å². The molecule has 2 aliphatic rings. The van der Waals surface area contributed by atoms with E-state index in [9.17, 15) is 14.4 Å². The molecule has 2 aromatic carbocycles. The van der Waals surface area contributed by atoms with Gasteiger partial charge in [-0.2, -0.15) is 0 Å². The quantitative estimate of drug-likeness (QED) is 0.604. The average Bonchev–Trinajstić information content (AvgIpc) is 3.11. The Balaban J connectivity index is 1.34. The van der Waals surface area contributed by atoms with Gasteiger partial charge in [0.15, 0.2) is 0 Å². The largest absolute Gasteiger partial charge is 0.480 e. The zero-order valence-electron chi connectivity index (χ0n) is 17.8. The summed E-state index contributed by atoms with van der Waals surface area (Å²) in [5.41, 5.74) is 4.61. The Morgan fingerprint density at radius 1 is 1.06 bits per heavy atom. The Kier molecular flexibility index (Phi) is 6.25. The van der Waals surface area contributed by atoms with Gasteiger partial charge in [-0.05, 0) is 42.0 Å². The third kappa shape index (κ3) is 4.51. The summed E-state index contributed by atoms with van der Waals surface area (Å²) in [5, 5.41) is 14.3. The Morgan fingerprint density at radius 3 is 2.31 bits per heavy atom. The number of benzene rings is 2. The first-order chi connectivity index (χ1) is 15.4. The maximum atomic E-state index is 12.5. The topological polar surface area (TPSA) is 105 Å². The molecular weight excluding hydrogens is 408 g/mol. The minimum Gasteiger partial charge on any atom is -0.480 e. The van der Waals surface area contributed by atoms with Crippen molar-refractivity contribution in [1.29, 1.82) is 0 Å². The van der Waals surface area contributed by atoms with Crippen LogP contribution < -0.4 is 10.6 Å². The van der Waals surface area contributed by atoms with Crippen LogP contribution in [0.3, 0.4) is 0 Å². The molecule has 166 valence electrons. The number of carboxylic acids is 1. The molecule has 0 fully saturated rings. The second kappa shape index (κ2) is 9.26. The Morgan fingerprint density at radius 2 is 1.69 bits per heavy atom. The van der Waals surface area contributed by atoms with Crippen molar-refractivity contribution in [2.75, 3.05) is 6.61 Å². The summed E-state index contributed by atoms with van der Waals surface area (Å²) in [6.07, 6.45) is 4.01. The van der Waals surface area contributed by atoms with Crippen molar-refractivity contribution in [3.05, 3.63) is 71.8 Å². The number of aliphatic carboxylic acids is 1. The lowest BCUT2D eigenvalue weighted by Crippen LogP contribution is -2.45. The van der Waals surface area contributed by atoms with Gasteiger partial charge in [0.05, 0.1) is 6.04 Å². The molecule has 0 aromatic heterocycles. The predicted octanol–water partition coefficient (Wildman–Crippen LogP) is 3.45. The SMILES string of the molecule is CC(NC(=O)C1CC=CC(NC(=O)OCC2c3ccccc3-c3ccccc32)C1)C(=O)O. The number of ether oxygens (including phenoxy) is 1. The van der Waals surface area contributed by atoms with Crippen molar-refractivity contribution >= 4 is 18.0 Å². The molecular formula is C25H26N2O5. The molecule has 0 saturated heterocycles. The lowest BCUT2D eigenvalue weighted by atomic mass is 9.90. The van der Waals surface area contributed by atoms with Crippen LogP contribution in [0, 0.1) is 5.92 Å². The maximum absolute atomic E-state index is 12.5. The van der Waals surface area contributed by atoms with Crippen molar-refractivity contribution in [3.8, 4) is 11.1 Å². The number of rotatable bonds is 6. The number of alkyl carbamates (subject to hydrolysis) is 1. The molecule has 4 rings (SSSR count). The third-order valence-corrected chi connectivity index (χ3v) is 6.07. The van der Waals surface area contributed by atoms with E-state index in [0.717, 1.165) is 22.3 Å². The van der Waals surface area contributed by atoms with E-state index in [0.29, 0.717) is 12.8 Å². The van der Waals surface area contributed by atoms with Gasteiger partial charge in [0.25, 0.3) is 0 Å². The van der Waals surface area contributed by atoms with E-state index < -0.39 is 24.0 Å². The smallest absolute Gasteiger partial charge is 0.407 e. The van der Waals surface area contributed by atoms with Gasteiger partial charge in [-0.1, -0.05) is 60.7 Å². The van der Waals surface area contributed by atoms with Crippen LogP contribution in [0.2, 0.25) is 0 Å². The molecule has 0 radical (unpaired) electrons. The maximum Gasteiger partial charge on any atom is 0.407 e. The molecule has 32 heavy (non-hydrogen) atoms. The number of carbonyl (C=O) groups excluding carboxylic acids is 2. The fraction of sp³-hybridized carbons (Fsp3) is 0.320. The lowest BCUT2D eigenvalue weighted by molar-refractivity contribution is -0.142. The molecule has 0 heterocycles. The summed E-state index contributed by atoms with van der Waals surface area (Å²) < 4.78 is 5.57. The summed E-state index contributed by atoms with van der Waals surface area (Å²) in [6, 6.07) is 15.0. The van der Waals surface area contributed by atoms with E-state index in [2.05, 4.69) is 34.9 Å². The molecule has 7 heteroatoms. The number of amides is 2. The van der Waals surface area contributed by atoms with Crippen LogP contribution >= 0.6 is 0 Å². The van der Waals surface area contributed by atoms with Crippen molar-refractivity contribution in [1.82, 2.24) is 10.6 Å². The Bertz CT molecular complexity index is 1020. The molecule has 0 spiro atoms. The van der Waals surface area contributed by atoms with Crippen molar-refractivity contribution in [3.63, 3.8) is 0 Å². The van der Waals surface area contributed by atoms with Crippen molar-refractivity contribution < 1.29 is 24.2 Å². The number of nitrogens with one attached hydrogen (secondary N) is 2. The number of fused-ring (bicyclic) bond motifs is 3. The van der Waals surface area contributed by atoms with Crippen molar-refractivity contribution in [2.45, 2.75) is 37.8 Å². The van der Waals surface area contributed by atoms with Crippen LogP contribution in [-0.2, 0) is 14.3 Å². The second-order valence-corrected chi connectivity index (χ2v) is 8.24. The predicted molar refractivity (Wildman–Crippen MR) is 119 cm³/mol. The van der Waals surface area contributed by atoms with Gasteiger partial charge in [0.2, 0.25) is 5.91 Å². The van der Waals surface area contributed by atoms with Crippen LogP contribution in [0.5, 0.6) is 0 Å². The molecule has 3 atom stereocenters. The van der Waals surface area contributed by atoms with E-state index in [1.807, 2.05) is 36.4 Å². The fourth-order valence-corrected chi connectivity index (χ4v) is 4.39. The third-order valence-electron chi connectivity index (χ3n) is 6.07. The molecule has 2 amide bonds. The molecule has 0 bridgehead atoms. The highest BCUT2D eigenvalue weighted by atomic mass is 16.5. The zero-order chi connectivity index (χ0) is 22.7. The first-order valence-corrected chi connectivity index (χ1v) is 10.8. The highest BCUT2D eigenvalue weighted by Crippen LogP contribution is 2.44. The Hall–Kier alpha value is -3.61. The van der Waals surface area contributed by atoms with Gasteiger partial charge < -0.3 is 20.5 Å². The molecule has 0 saturated carbocycles. The normalized spacial score (nSPS) is 20.0. The standard InChI is InChI=1S/C25H26N2O5/c1-15(24(29)30)26-23(28)16-7-6-8-17(13-16)27-25(31)32-14-22-20-11-4-2-9-18(20)19-10-3-5-12-21(19)22/h2-6,8-12,15-17,22H,7,13-14H2,1H3,(H,26,28)(H,27,31)(H,29,30). The van der Waals surface area contributed by atoms with Gasteiger partial charge in [0, 0.05) is 11.8 Å². The fourth-order valence-electron chi connectivity index (χ4n) is 4.39. The lowest BCUT2D eigenvalue weighted by Gasteiger charge is -2.25. The minimum absolute atomic E-state index is 0.0221. The summed E-state index contributed by atoms with van der Waals surface area (Å²) in [4.78, 5) is 35.8.